The van der Waals surface area contributed by atoms with Crippen LogP contribution >= 0.6 is 23.2 Å². The molecule has 1 aliphatic carbocycles. The monoisotopic (exact) mass is 519 g/mol. The number of rotatable bonds is 2. The molecule has 0 saturated heterocycles. The number of allylic oxidation sites excluding steroid dienone is 2. The van der Waals surface area contributed by atoms with Crippen LogP contribution in [0.5, 0.6) is 0 Å². The lowest BCUT2D eigenvalue weighted by Crippen LogP contribution is -2.34. The molecule has 1 aliphatic heterocycles. The molecular weight excluding hydrogens is 498 g/mol. The molecule has 4 nitrogen and oxygen atoms in total. The number of ketones is 1. The van der Waals surface area contributed by atoms with E-state index in [1.54, 1.807) is 31.2 Å². The molecule has 182 valence electrons. The van der Waals surface area contributed by atoms with E-state index in [0.717, 1.165) is 6.07 Å². The summed E-state index contributed by atoms with van der Waals surface area (Å²) in [6.45, 7) is 5.71. The van der Waals surface area contributed by atoms with Gasteiger partial charge in [0.2, 0.25) is 0 Å². The molecule has 9 heteroatoms. The van der Waals surface area contributed by atoms with E-state index in [9.17, 15) is 18.0 Å². The minimum atomic E-state index is -4.57. The van der Waals surface area contributed by atoms with Gasteiger partial charge in [-0.2, -0.15) is 18.3 Å². The van der Waals surface area contributed by atoms with Crippen LogP contribution in [0.3, 0.4) is 0 Å². The van der Waals surface area contributed by atoms with Crippen LogP contribution < -0.4 is 5.32 Å². The van der Waals surface area contributed by atoms with E-state index in [4.69, 9.17) is 23.2 Å². The number of Topliss-reactive ketones (excluding diaryl/α,β-unsaturated/α-hetero) is 1. The standard InChI is InChI=1S/C26H22Cl2F3N3O/c1-13-20-21(14-7-6-9-16(27)23(14)28)22-17(11-25(2,3)12-19(22)35)32-24(20)34(33-13)18-10-5-4-8-15(18)26(29,30)31/h4-10,21,32H,11-12H2,1-3H3/t21-/m0/s1. The third kappa shape index (κ3) is 3.95. The summed E-state index contributed by atoms with van der Waals surface area (Å²) in [4.78, 5) is 13.5. The summed E-state index contributed by atoms with van der Waals surface area (Å²) in [6.07, 6.45) is -3.67. The molecule has 3 aromatic rings. The van der Waals surface area contributed by atoms with E-state index in [1.165, 1.54) is 16.8 Å². The Kier molecular flexibility index (Phi) is 5.57. The SMILES string of the molecule is Cc1nn(-c2ccccc2C(F)(F)F)c2c1[C@H](c1cccc(Cl)c1Cl)C1=C(CC(C)(C)CC1=O)N2. The Morgan fingerprint density at radius 1 is 1.09 bits per heavy atom. The zero-order valence-corrected chi connectivity index (χ0v) is 20.7. The number of carbonyl (C=O) groups is 1. The molecule has 5 rings (SSSR count). The van der Waals surface area contributed by atoms with E-state index >= 15 is 0 Å². The molecule has 1 N–H and O–H groups in total. The number of anilines is 1. The van der Waals surface area contributed by atoms with Crippen molar-refractivity contribution < 1.29 is 18.0 Å². The van der Waals surface area contributed by atoms with Gasteiger partial charge in [0.25, 0.3) is 0 Å². The van der Waals surface area contributed by atoms with Gasteiger partial charge in [0.05, 0.1) is 27.0 Å². The maximum atomic E-state index is 13.9. The first-order chi connectivity index (χ1) is 16.4. The van der Waals surface area contributed by atoms with Gasteiger partial charge in [0.1, 0.15) is 5.82 Å². The first-order valence-corrected chi connectivity index (χ1v) is 11.9. The second kappa shape index (κ2) is 8.14. The predicted octanol–water partition coefficient (Wildman–Crippen LogP) is 7.71. The van der Waals surface area contributed by atoms with E-state index < -0.39 is 17.7 Å². The smallest absolute Gasteiger partial charge is 0.343 e. The highest BCUT2D eigenvalue weighted by atomic mass is 35.5. The Morgan fingerprint density at radius 2 is 1.80 bits per heavy atom. The van der Waals surface area contributed by atoms with Gasteiger partial charge in [-0.05, 0) is 42.5 Å². The highest BCUT2D eigenvalue weighted by Crippen LogP contribution is 2.52. The van der Waals surface area contributed by atoms with Gasteiger partial charge >= 0.3 is 6.18 Å². The van der Waals surface area contributed by atoms with Crippen molar-refractivity contribution in [2.75, 3.05) is 5.32 Å². The Morgan fingerprint density at radius 3 is 2.51 bits per heavy atom. The summed E-state index contributed by atoms with van der Waals surface area (Å²) in [5.41, 5.74) is 1.75. The van der Waals surface area contributed by atoms with Crippen molar-refractivity contribution in [3.63, 3.8) is 0 Å². The van der Waals surface area contributed by atoms with Gasteiger partial charge in [0, 0.05) is 29.2 Å². The zero-order chi connectivity index (χ0) is 25.3. The van der Waals surface area contributed by atoms with Crippen LogP contribution in [0.15, 0.2) is 53.7 Å². The van der Waals surface area contributed by atoms with Crippen LogP contribution in [0.25, 0.3) is 5.69 Å². The molecule has 0 fully saturated rings. The van der Waals surface area contributed by atoms with Gasteiger partial charge in [-0.25, -0.2) is 4.68 Å². The fraction of sp³-hybridized carbons (Fsp3) is 0.308. The average molecular weight is 520 g/mol. The fourth-order valence-electron chi connectivity index (χ4n) is 5.20. The number of para-hydroxylation sites is 1. The van der Waals surface area contributed by atoms with Crippen molar-refractivity contribution in [3.8, 4) is 5.69 Å². The number of hydrogen-bond donors (Lipinski definition) is 1. The van der Waals surface area contributed by atoms with Crippen LogP contribution in [-0.2, 0) is 11.0 Å². The highest BCUT2D eigenvalue weighted by molar-refractivity contribution is 6.42. The van der Waals surface area contributed by atoms with Crippen LogP contribution in [0.2, 0.25) is 10.0 Å². The topological polar surface area (TPSA) is 46.9 Å². The quantitative estimate of drug-likeness (QED) is 0.377. The minimum absolute atomic E-state index is 0.0294. The number of nitrogens with zero attached hydrogens (tertiary/aromatic N) is 2. The molecule has 0 radical (unpaired) electrons. The van der Waals surface area contributed by atoms with Gasteiger partial charge in [-0.15, -0.1) is 0 Å². The molecule has 2 aliphatic rings. The summed E-state index contributed by atoms with van der Waals surface area (Å²) in [6, 6.07) is 10.5. The number of hydrogen-bond acceptors (Lipinski definition) is 3. The van der Waals surface area contributed by atoms with Crippen LogP contribution in [0, 0.1) is 12.3 Å². The first-order valence-electron chi connectivity index (χ1n) is 11.1. The van der Waals surface area contributed by atoms with Crippen molar-refractivity contribution in [2.24, 2.45) is 5.41 Å². The van der Waals surface area contributed by atoms with Crippen molar-refractivity contribution >= 4 is 34.8 Å². The highest BCUT2D eigenvalue weighted by Gasteiger charge is 2.44. The number of aromatic nitrogens is 2. The summed E-state index contributed by atoms with van der Waals surface area (Å²) in [5, 5.41) is 8.47. The van der Waals surface area contributed by atoms with Gasteiger partial charge in [-0.3, -0.25) is 4.79 Å². The van der Waals surface area contributed by atoms with Gasteiger partial charge in [-0.1, -0.05) is 61.3 Å². The van der Waals surface area contributed by atoms with Crippen LogP contribution in [0.1, 0.15) is 55.0 Å². The molecule has 0 bridgehead atoms. The number of alkyl halides is 3. The van der Waals surface area contributed by atoms with Crippen molar-refractivity contribution in [3.05, 3.63) is 86.2 Å². The lowest BCUT2D eigenvalue weighted by atomic mass is 9.69. The van der Waals surface area contributed by atoms with E-state index in [2.05, 4.69) is 10.4 Å². The normalized spacial score (nSPS) is 19.3. The molecule has 2 heterocycles. The molecule has 0 saturated carbocycles. The zero-order valence-electron chi connectivity index (χ0n) is 19.2. The number of fused-ring (bicyclic) bond motifs is 1. The molecule has 1 atom stereocenters. The lowest BCUT2D eigenvalue weighted by molar-refractivity contribution is -0.137. The van der Waals surface area contributed by atoms with Crippen molar-refractivity contribution in [1.29, 1.82) is 0 Å². The molecule has 2 aromatic carbocycles. The van der Waals surface area contributed by atoms with E-state index in [-0.39, 0.29) is 16.9 Å². The summed E-state index contributed by atoms with van der Waals surface area (Å²) in [7, 11) is 0. The summed E-state index contributed by atoms with van der Waals surface area (Å²) >= 11 is 13.0. The van der Waals surface area contributed by atoms with Crippen molar-refractivity contribution in [2.45, 2.75) is 45.7 Å². The number of benzene rings is 2. The summed E-state index contributed by atoms with van der Waals surface area (Å²) in [5.74, 6) is -0.245. The van der Waals surface area contributed by atoms with Crippen LogP contribution in [-0.4, -0.2) is 15.6 Å². The minimum Gasteiger partial charge on any atom is -0.343 e. The fourth-order valence-corrected chi connectivity index (χ4v) is 5.62. The number of aryl methyl sites for hydroxylation is 1. The average Bonchev–Trinajstić information content (AvgIpc) is 3.09. The Hall–Kier alpha value is -2.77. The van der Waals surface area contributed by atoms with Gasteiger partial charge < -0.3 is 5.32 Å². The Labute approximate surface area is 210 Å². The summed E-state index contributed by atoms with van der Waals surface area (Å²) < 4.78 is 42.9. The van der Waals surface area contributed by atoms with Crippen LogP contribution in [0.4, 0.5) is 19.0 Å². The number of halogens is 5. The Bertz CT molecular complexity index is 1410. The number of carbonyl (C=O) groups excluding carboxylic acids is 1. The molecule has 0 unspecified atom stereocenters. The molecule has 1 aromatic heterocycles. The maximum Gasteiger partial charge on any atom is 0.418 e. The second-order valence-corrected chi connectivity index (χ2v) is 10.6. The first kappa shape index (κ1) is 23.9. The molecule has 0 spiro atoms. The molecule has 0 amide bonds. The molecular formula is C26H22Cl2F3N3O. The van der Waals surface area contributed by atoms with Gasteiger partial charge in [0.15, 0.2) is 5.78 Å². The third-order valence-electron chi connectivity index (χ3n) is 6.60. The van der Waals surface area contributed by atoms with E-state index in [0.29, 0.717) is 56.8 Å². The Balaban J connectivity index is 1.81. The van der Waals surface area contributed by atoms with E-state index in [1.807, 2.05) is 13.8 Å². The maximum absolute atomic E-state index is 13.9. The number of nitrogens with one attached hydrogen (secondary N) is 1. The predicted molar refractivity (Wildman–Crippen MR) is 130 cm³/mol. The second-order valence-electron chi connectivity index (χ2n) is 9.81. The third-order valence-corrected chi connectivity index (χ3v) is 7.44. The van der Waals surface area contributed by atoms with Crippen molar-refractivity contribution in [1.82, 2.24) is 9.78 Å². The lowest BCUT2D eigenvalue weighted by Gasteiger charge is -2.39. The molecule has 35 heavy (non-hydrogen) atoms. The largest absolute Gasteiger partial charge is 0.418 e.